The van der Waals surface area contributed by atoms with Gasteiger partial charge in [-0.3, -0.25) is 4.79 Å². The number of halogens is 2. The number of carbonyl (C=O) groups is 2. The fraction of sp³-hybridized carbons (Fsp3) is 0.579. The first-order valence-electron chi connectivity index (χ1n) is 8.82. The number of likely N-dealkylation sites (tertiary alicyclic amines) is 1. The monoisotopic (exact) mass is 444 g/mol. The average Bonchev–Trinajstić information content (AvgIpc) is 2.55. The molecule has 1 saturated heterocycles. The summed E-state index contributed by atoms with van der Waals surface area (Å²) in [5, 5.41) is 3.46. The molecule has 0 bridgehead atoms. The third-order valence-corrected chi connectivity index (χ3v) is 5.45. The third kappa shape index (κ3) is 6.80. The Labute approximate surface area is 168 Å². The summed E-state index contributed by atoms with van der Waals surface area (Å²) in [7, 11) is 0. The first-order chi connectivity index (χ1) is 12.1. The van der Waals surface area contributed by atoms with Crippen LogP contribution >= 0.6 is 27.5 Å². The normalized spacial score (nSPS) is 15.7. The fourth-order valence-corrected chi connectivity index (χ4v) is 3.41. The van der Waals surface area contributed by atoms with Crippen molar-refractivity contribution in [3.8, 4) is 0 Å². The van der Waals surface area contributed by atoms with E-state index >= 15 is 0 Å². The van der Waals surface area contributed by atoms with Gasteiger partial charge < -0.3 is 15.0 Å². The minimum atomic E-state index is -0.490. The van der Waals surface area contributed by atoms with Gasteiger partial charge in [0.15, 0.2) is 0 Å². The second kappa shape index (κ2) is 9.09. The summed E-state index contributed by atoms with van der Waals surface area (Å²) < 4.78 is 6.05. The Morgan fingerprint density at radius 3 is 2.54 bits per heavy atom. The first kappa shape index (κ1) is 21.0. The number of nitrogens with zero attached hydrogens (tertiary/aromatic N) is 1. The van der Waals surface area contributed by atoms with Crippen LogP contribution in [0.2, 0.25) is 5.02 Å². The predicted octanol–water partition coefficient (Wildman–Crippen LogP) is 4.41. The van der Waals surface area contributed by atoms with E-state index in [-0.39, 0.29) is 12.0 Å². The van der Waals surface area contributed by atoms with Crippen LogP contribution in [0.4, 0.5) is 4.79 Å². The molecule has 26 heavy (non-hydrogen) atoms. The number of carbonyl (C=O) groups excluding carboxylic acids is 2. The van der Waals surface area contributed by atoms with Crippen LogP contribution in [0.25, 0.3) is 0 Å². The highest BCUT2D eigenvalue weighted by Crippen LogP contribution is 2.24. The molecule has 2 rings (SSSR count). The van der Waals surface area contributed by atoms with E-state index in [1.807, 2.05) is 37.8 Å². The molecule has 144 valence electrons. The van der Waals surface area contributed by atoms with Crippen LogP contribution in [-0.2, 0) is 16.0 Å². The highest BCUT2D eigenvalue weighted by molar-refractivity contribution is 9.10. The van der Waals surface area contributed by atoms with Crippen molar-refractivity contribution in [1.82, 2.24) is 10.2 Å². The van der Waals surface area contributed by atoms with Crippen molar-refractivity contribution in [2.75, 3.05) is 19.6 Å². The maximum Gasteiger partial charge on any atom is 0.407 e. The zero-order chi connectivity index (χ0) is 19.3. The van der Waals surface area contributed by atoms with E-state index in [1.165, 1.54) is 0 Å². The van der Waals surface area contributed by atoms with E-state index in [1.54, 1.807) is 6.07 Å². The van der Waals surface area contributed by atoms with Crippen LogP contribution in [0.15, 0.2) is 22.7 Å². The maximum atomic E-state index is 12.5. The molecule has 1 aromatic carbocycles. The molecule has 1 fully saturated rings. The largest absolute Gasteiger partial charge is 0.444 e. The van der Waals surface area contributed by atoms with Crippen molar-refractivity contribution in [3.05, 3.63) is 33.3 Å². The SMILES string of the molecule is CC(C)(C)OC(=O)NCC1CCN(C(=O)Cc2ccc(Cl)c(Br)c2)CC1. The minimum absolute atomic E-state index is 0.123. The van der Waals surface area contributed by atoms with Gasteiger partial charge in [0.1, 0.15) is 5.60 Å². The molecule has 0 unspecified atom stereocenters. The summed E-state index contributed by atoms with van der Waals surface area (Å²) in [6, 6.07) is 5.56. The van der Waals surface area contributed by atoms with Crippen molar-refractivity contribution in [3.63, 3.8) is 0 Å². The Bertz CT molecular complexity index is 653. The van der Waals surface area contributed by atoms with Gasteiger partial charge in [-0.2, -0.15) is 0 Å². The molecule has 5 nitrogen and oxygen atoms in total. The number of rotatable bonds is 4. The van der Waals surface area contributed by atoms with E-state index in [0.717, 1.165) is 22.9 Å². The van der Waals surface area contributed by atoms with Crippen molar-refractivity contribution in [2.24, 2.45) is 5.92 Å². The Hall–Kier alpha value is -1.27. The zero-order valence-electron chi connectivity index (χ0n) is 15.5. The molecule has 1 heterocycles. The van der Waals surface area contributed by atoms with Crippen molar-refractivity contribution < 1.29 is 14.3 Å². The second-order valence-electron chi connectivity index (χ2n) is 7.63. The molecule has 1 aliphatic heterocycles. The van der Waals surface area contributed by atoms with Crippen LogP contribution in [0.3, 0.4) is 0 Å². The molecule has 1 aromatic rings. The van der Waals surface area contributed by atoms with Gasteiger partial charge in [0.25, 0.3) is 0 Å². The highest BCUT2D eigenvalue weighted by atomic mass is 79.9. The summed E-state index contributed by atoms with van der Waals surface area (Å²) >= 11 is 9.37. The van der Waals surface area contributed by atoms with Crippen LogP contribution in [0.5, 0.6) is 0 Å². The van der Waals surface area contributed by atoms with Crippen LogP contribution in [-0.4, -0.2) is 42.1 Å². The van der Waals surface area contributed by atoms with Gasteiger partial charge in [-0.1, -0.05) is 17.7 Å². The number of amides is 2. The lowest BCUT2D eigenvalue weighted by Crippen LogP contribution is -2.42. The molecule has 2 amide bonds. The van der Waals surface area contributed by atoms with Gasteiger partial charge in [-0.25, -0.2) is 4.79 Å². The van der Waals surface area contributed by atoms with Crippen LogP contribution < -0.4 is 5.32 Å². The summed E-state index contributed by atoms with van der Waals surface area (Å²) in [6.07, 6.45) is 1.75. The summed E-state index contributed by atoms with van der Waals surface area (Å²) in [5.74, 6) is 0.494. The number of benzene rings is 1. The Morgan fingerprint density at radius 1 is 1.31 bits per heavy atom. The van der Waals surface area contributed by atoms with E-state index in [9.17, 15) is 9.59 Å². The number of hydrogen-bond donors (Lipinski definition) is 1. The van der Waals surface area contributed by atoms with Gasteiger partial charge in [-0.05, 0) is 73.2 Å². The number of alkyl carbamates (subject to hydrolysis) is 1. The topological polar surface area (TPSA) is 58.6 Å². The van der Waals surface area contributed by atoms with Gasteiger partial charge in [0.05, 0.1) is 11.4 Å². The number of piperidine rings is 1. The van der Waals surface area contributed by atoms with Gasteiger partial charge in [0.2, 0.25) is 5.91 Å². The van der Waals surface area contributed by atoms with E-state index < -0.39 is 5.60 Å². The summed E-state index contributed by atoms with van der Waals surface area (Å²) in [5.41, 5.74) is 0.455. The average molecular weight is 446 g/mol. The minimum Gasteiger partial charge on any atom is -0.444 e. The number of nitrogens with one attached hydrogen (secondary N) is 1. The van der Waals surface area contributed by atoms with Gasteiger partial charge >= 0.3 is 6.09 Å². The smallest absolute Gasteiger partial charge is 0.407 e. The predicted molar refractivity (Wildman–Crippen MR) is 106 cm³/mol. The number of ether oxygens (including phenoxy) is 1. The lowest BCUT2D eigenvalue weighted by Gasteiger charge is -2.32. The van der Waals surface area contributed by atoms with E-state index in [2.05, 4.69) is 21.2 Å². The molecule has 0 aromatic heterocycles. The van der Waals surface area contributed by atoms with Crippen molar-refractivity contribution in [1.29, 1.82) is 0 Å². The highest BCUT2D eigenvalue weighted by Gasteiger charge is 2.24. The Balaban J connectivity index is 1.74. The van der Waals surface area contributed by atoms with E-state index in [4.69, 9.17) is 16.3 Å². The van der Waals surface area contributed by atoms with Crippen LogP contribution in [0, 0.1) is 5.92 Å². The molecule has 1 aliphatic rings. The molecule has 0 aliphatic carbocycles. The van der Waals surface area contributed by atoms with E-state index in [0.29, 0.717) is 37.0 Å². The van der Waals surface area contributed by atoms with Gasteiger partial charge in [-0.15, -0.1) is 0 Å². The van der Waals surface area contributed by atoms with Crippen LogP contribution in [0.1, 0.15) is 39.2 Å². The summed E-state index contributed by atoms with van der Waals surface area (Å²) in [4.78, 5) is 26.1. The molecule has 0 radical (unpaired) electrons. The molecule has 0 atom stereocenters. The van der Waals surface area contributed by atoms with Crippen molar-refractivity contribution >= 4 is 39.5 Å². The number of hydrogen-bond acceptors (Lipinski definition) is 3. The quantitative estimate of drug-likeness (QED) is 0.747. The third-order valence-electron chi connectivity index (χ3n) is 4.24. The molecular formula is C19H26BrClN2O3. The molecule has 7 heteroatoms. The second-order valence-corrected chi connectivity index (χ2v) is 8.89. The summed E-state index contributed by atoms with van der Waals surface area (Å²) in [6.45, 7) is 7.55. The Morgan fingerprint density at radius 2 is 1.96 bits per heavy atom. The lowest BCUT2D eigenvalue weighted by atomic mass is 9.96. The molecule has 1 N–H and O–H groups in total. The molecular weight excluding hydrogens is 420 g/mol. The standard InChI is InChI=1S/C19H26BrClN2O3/c1-19(2,3)26-18(25)22-12-13-6-8-23(9-7-13)17(24)11-14-4-5-16(21)15(20)10-14/h4-5,10,13H,6-9,11-12H2,1-3H3,(H,22,25). The maximum absolute atomic E-state index is 12.5. The molecule has 0 saturated carbocycles. The first-order valence-corrected chi connectivity index (χ1v) is 9.99. The zero-order valence-corrected chi connectivity index (χ0v) is 17.8. The fourth-order valence-electron chi connectivity index (χ4n) is 2.86. The van der Waals surface area contributed by atoms with Gasteiger partial charge in [0, 0.05) is 24.1 Å². The van der Waals surface area contributed by atoms with Crippen molar-refractivity contribution in [2.45, 2.75) is 45.6 Å². The Kier molecular flexibility index (Phi) is 7.35. The molecule has 0 spiro atoms. The lowest BCUT2D eigenvalue weighted by molar-refractivity contribution is -0.131.